The topological polar surface area (TPSA) is 57.2 Å². The van der Waals surface area contributed by atoms with Crippen LogP contribution in [0.25, 0.3) is 0 Å². The average Bonchev–Trinajstić information content (AvgIpc) is 3.02. The van der Waals surface area contributed by atoms with Crippen LogP contribution in [0.5, 0.6) is 0 Å². The van der Waals surface area contributed by atoms with Crippen LogP contribution in [-0.4, -0.2) is 22.2 Å². The van der Waals surface area contributed by atoms with E-state index in [-0.39, 0.29) is 0 Å². The average molecular weight is 305 g/mol. The SMILES string of the molecule is CCCC(O)c1ccc(NC(C)CC)c(NC2CCCC2)n1. The number of pyridine rings is 1. The van der Waals surface area contributed by atoms with Crippen molar-refractivity contribution in [3.63, 3.8) is 0 Å². The van der Waals surface area contributed by atoms with Gasteiger partial charge in [0.05, 0.1) is 17.5 Å². The van der Waals surface area contributed by atoms with E-state index in [1.807, 2.05) is 6.07 Å². The Labute approximate surface area is 134 Å². The molecule has 1 aromatic rings. The molecule has 2 atom stereocenters. The fourth-order valence-electron chi connectivity index (χ4n) is 2.94. The van der Waals surface area contributed by atoms with Gasteiger partial charge in [-0.05, 0) is 44.7 Å². The maximum absolute atomic E-state index is 10.2. The maximum Gasteiger partial charge on any atom is 0.150 e. The molecule has 3 N–H and O–H groups in total. The van der Waals surface area contributed by atoms with Crippen LogP contribution in [0.3, 0.4) is 0 Å². The summed E-state index contributed by atoms with van der Waals surface area (Å²) in [6.45, 7) is 6.44. The molecular formula is C18H31N3O. The number of rotatable bonds is 8. The zero-order valence-electron chi connectivity index (χ0n) is 14.2. The van der Waals surface area contributed by atoms with Gasteiger partial charge in [-0.3, -0.25) is 0 Å². The van der Waals surface area contributed by atoms with Crippen molar-refractivity contribution in [1.82, 2.24) is 4.98 Å². The molecule has 1 heterocycles. The van der Waals surface area contributed by atoms with E-state index in [0.29, 0.717) is 12.1 Å². The molecule has 4 heteroatoms. The van der Waals surface area contributed by atoms with Gasteiger partial charge < -0.3 is 15.7 Å². The molecule has 1 fully saturated rings. The summed E-state index contributed by atoms with van der Waals surface area (Å²) >= 11 is 0. The van der Waals surface area contributed by atoms with E-state index >= 15 is 0 Å². The zero-order valence-corrected chi connectivity index (χ0v) is 14.2. The molecule has 2 rings (SSSR count). The van der Waals surface area contributed by atoms with E-state index in [0.717, 1.165) is 36.5 Å². The molecule has 124 valence electrons. The molecule has 4 nitrogen and oxygen atoms in total. The lowest BCUT2D eigenvalue weighted by atomic mass is 10.1. The molecule has 1 aliphatic carbocycles. The predicted molar refractivity (Wildman–Crippen MR) is 93.4 cm³/mol. The minimum atomic E-state index is -0.466. The lowest BCUT2D eigenvalue weighted by Gasteiger charge is -2.21. The lowest BCUT2D eigenvalue weighted by molar-refractivity contribution is 0.162. The van der Waals surface area contributed by atoms with Crippen molar-refractivity contribution in [3.05, 3.63) is 17.8 Å². The second kappa shape index (κ2) is 8.37. The molecule has 2 unspecified atom stereocenters. The molecule has 0 aromatic carbocycles. The van der Waals surface area contributed by atoms with Crippen LogP contribution in [0.15, 0.2) is 12.1 Å². The number of anilines is 2. The fraction of sp³-hybridized carbons (Fsp3) is 0.722. The molecule has 1 aromatic heterocycles. The molecule has 0 spiro atoms. The Kier molecular flexibility index (Phi) is 6.49. The Bertz CT molecular complexity index is 458. The minimum Gasteiger partial charge on any atom is -0.387 e. The summed E-state index contributed by atoms with van der Waals surface area (Å²) in [6, 6.07) is 4.94. The molecule has 0 aliphatic heterocycles. The monoisotopic (exact) mass is 305 g/mol. The second-order valence-electron chi connectivity index (χ2n) is 6.52. The molecule has 0 bridgehead atoms. The summed E-state index contributed by atoms with van der Waals surface area (Å²) in [5, 5.41) is 17.3. The van der Waals surface area contributed by atoms with Gasteiger partial charge in [-0.2, -0.15) is 0 Å². The van der Waals surface area contributed by atoms with E-state index < -0.39 is 6.10 Å². The maximum atomic E-state index is 10.2. The first-order chi connectivity index (χ1) is 10.6. The van der Waals surface area contributed by atoms with E-state index in [1.165, 1.54) is 25.7 Å². The van der Waals surface area contributed by atoms with Gasteiger partial charge in [-0.25, -0.2) is 4.98 Å². The third-order valence-corrected chi connectivity index (χ3v) is 4.53. The van der Waals surface area contributed by atoms with Gasteiger partial charge in [0.15, 0.2) is 0 Å². The Balaban J connectivity index is 2.19. The van der Waals surface area contributed by atoms with Crippen LogP contribution in [0.2, 0.25) is 0 Å². The van der Waals surface area contributed by atoms with Crippen LogP contribution >= 0.6 is 0 Å². The first kappa shape index (κ1) is 17.1. The van der Waals surface area contributed by atoms with Gasteiger partial charge in [0.2, 0.25) is 0 Å². The van der Waals surface area contributed by atoms with Gasteiger partial charge >= 0.3 is 0 Å². The van der Waals surface area contributed by atoms with E-state index in [9.17, 15) is 5.11 Å². The Hall–Kier alpha value is -1.29. The smallest absolute Gasteiger partial charge is 0.150 e. The van der Waals surface area contributed by atoms with Crippen LogP contribution in [-0.2, 0) is 0 Å². The van der Waals surface area contributed by atoms with E-state index in [4.69, 9.17) is 4.98 Å². The largest absolute Gasteiger partial charge is 0.387 e. The summed E-state index contributed by atoms with van der Waals surface area (Å²) < 4.78 is 0. The van der Waals surface area contributed by atoms with Gasteiger partial charge in [0.1, 0.15) is 5.82 Å². The molecule has 0 saturated heterocycles. The third-order valence-electron chi connectivity index (χ3n) is 4.53. The number of aliphatic hydroxyl groups excluding tert-OH is 1. The summed E-state index contributed by atoms with van der Waals surface area (Å²) in [5.41, 5.74) is 1.82. The Morgan fingerprint density at radius 1 is 1.27 bits per heavy atom. The van der Waals surface area contributed by atoms with Crippen LogP contribution in [0, 0.1) is 0 Å². The standard InChI is InChI=1S/C18H31N3O/c1-4-8-17(22)15-11-12-16(19-13(3)5-2)18(21-15)20-14-9-6-7-10-14/h11-14,17,19,22H,4-10H2,1-3H3,(H,20,21). The summed E-state index contributed by atoms with van der Waals surface area (Å²) in [6.07, 6.45) is 7.34. The highest BCUT2D eigenvalue weighted by Gasteiger charge is 2.19. The summed E-state index contributed by atoms with van der Waals surface area (Å²) in [5.74, 6) is 0.903. The third kappa shape index (κ3) is 4.60. The molecule has 22 heavy (non-hydrogen) atoms. The van der Waals surface area contributed by atoms with Crippen molar-refractivity contribution in [2.75, 3.05) is 10.6 Å². The van der Waals surface area contributed by atoms with Crippen molar-refractivity contribution in [2.45, 2.75) is 83.9 Å². The number of aliphatic hydroxyl groups is 1. The van der Waals surface area contributed by atoms with Gasteiger partial charge in [-0.1, -0.05) is 33.1 Å². The molecule has 1 aliphatic rings. The summed E-state index contributed by atoms with van der Waals surface area (Å²) in [7, 11) is 0. The number of nitrogens with zero attached hydrogens (tertiary/aromatic N) is 1. The van der Waals surface area contributed by atoms with Crippen LogP contribution < -0.4 is 10.6 Å². The zero-order chi connectivity index (χ0) is 15.9. The normalized spacial score (nSPS) is 18.2. The Morgan fingerprint density at radius 2 is 2.00 bits per heavy atom. The first-order valence-electron chi connectivity index (χ1n) is 8.86. The Morgan fingerprint density at radius 3 is 2.64 bits per heavy atom. The molecule has 1 saturated carbocycles. The van der Waals surface area contributed by atoms with Crippen molar-refractivity contribution in [1.29, 1.82) is 0 Å². The van der Waals surface area contributed by atoms with E-state index in [2.05, 4.69) is 37.5 Å². The van der Waals surface area contributed by atoms with Gasteiger partial charge in [-0.15, -0.1) is 0 Å². The quantitative estimate of drug-likeness (QED) is 0.663. The highest BCUT2D eigenvalue weighted by atomic mass is 16.3. The highest BCUT2D eigenvalue weighted by Crippen LogP contribution is 2.29. The number of aromatic nitrogens is 1. The first-order valence-corrected chi connectivity index (χ1v) is 8.86. The van der Waals surface area contributed by atoms with E-state index in [1.54, 1.807) is 0 Å². The second-order valence-corrected chi connectivity index (χ2v) is 6.52. The van der Waals surface area contributed by atoms with Gasteiger partial charge in [0, 0.05) is 12.1 Å². The van der Waals surface area contributed by atoms with Crippen molar-refractivity contribution in [2.24, 2.45) is 0 Å². The van der Waals surface area contributed by atoms with Crippen molar-refractivity contribution in [3.8, 4) is 0 Å². The van der Waals surface area contributed by atoms with Crippen molar-refractivity contribution < 1.29 is 5.11 Å². The van der Waals surface area contributed by atoms with Crippen molar-refractivity contribution >= 4 is 11.5 Å². The van der Waals surface area contributed by atoms with Crippen LogP contribution in [0.4, 0.5) is 11.5 Å². The molecule has 0 radical (unpaired) electrons. The number of nitrogens with one attached hydrogen (secondary N) is 2. The number of hydrogen-bond donors (Lipinski definition) is 3. The highest BCUT2D eigenvalue weighted by molar-refractivity contribution is 5.65. The lowest BCUT2D eigenvalue weighted by Crippen LogP contribution is -2.20. The molecular weight excluding hydrogens is 274 g/mol. The van der Waals surface area contributed by atoms with Crippen LogP contribution in [0.1, 0.15) is 77.5 Å². The fourth-order valence-corrected chi connectivity index (χ4v) is 2.94. The summed E-state index contributed by atoms with van der Waals surface area (Å²) in [4.78, 5) is 4.72. The predicted octanol–water partition coefficient (Wildman–Crippen LogP) is 4.48. The molecule has 0 amide bonds. The van der Waals surface area contributed by atoms with Gasteiger partial charge in [0.25, 0.3) is 0 Å². The number of hydrogen-bond acceptors (Lipinski definition) is 4. The minimum absolute atomic E-state index is 0.414.